The SMILES string of the molecule is Cc1cc2oc(=O)cc(CSc3cnc4ccccc4n3)c2cc1C. The molecule has 2 aromatic heterocycles. The van der Waals surface area contributed by atoms with Crippen LogP contribution < -0.4 is 5.63 Å². The van der Waals surface area contributed by atoms with Crippen molar-refractivity contribution >= 4 is 33.8 Å². The molecule has 0 atom stereocenters. The van der Waals surface area contributed by atoms with Crippen LogP contribution in [-0.4, -0.2) is 9.97 Å². The minimum absolute atomic E-state index is 0.323. The maximum atomic E-state index is 11.9. The molecule has 0 spiro atoms. The predicted molar refractivity (Wildman–Crippen MR) is 101 cm³/mol. The number of thioether (sulfide) groups is 1. The molecular weight excluding hydrogens is 332 g/mol. The van der Waals surface area contributed by atoms with E-state index in [1.165, 1.54) is 5.56 Å². The van der Waals surface area contributed by atoms with Gasteiger partial charge in [0.15, 0.2) is 0 Å². The van der Waals surface area contributed by atoms with Crippen molar-refractivity contribution < 1.29 is 4.42 Å². The van der Waals surface area contributed by atoms with Crippen molar-refractivity contribution in [1.82, 2.24) is 9.97 Å². The van der Waals surface area contributed by atoms with Gasteiger partial charge in [-0.1, -0.05) is 12.1 Å². The Morgan fingerprint density at radius 2 is 1.80 bits per heavy atom. The summed E-state index contributed by atoms with van der Waals surface area (Å²) in [6.45, 7) is 4.08. The molecule has 4 rings (SSSR count). The van der Waals surface area contributed by atoms with Gasteiger partial charge in [-0.2, -0.15) is 0 Å². The van der Waals surface area contributed by atoms with E-state index >= 15 is 0 Å². The molecule has 4 nitrogen and oxygen atoms in total. The van der Waals surface area contributed by atoms with Gasteiger partial charge in [-0.25, -0.2) is 9.78 Å². The highest BCUT2D eigenvalue weighted by molar-refractivity contribution is 7.98. The van der Waals surface area contributed by atoms with E-state index < -0.39 is 0 Å². The van der Waals surface area contributed by atoms with Crippen molar-refractivity contribution in [2.24, 2.45) is 0 Å². The van der Waals surface area contributed by atoms with Crippen LogP contribution in [-0.2, 0) is 5.75 Å². The fourth-order valence-corrected chi connectivity index (χ4v) is 3.60. The molecule has 0 aliphatic rings. The molecule has 2 heterocycles. The minimum atomic E-state index is -0.323. The first kappa shape index (κ1) is 15.8. The fourth-order valence-electron chi connectivity index (χ4n) is 2.76. The number of aromatic nitrogens is 2. The van der Waals surface area contributed by atoms with E-state index in [9.17, 15) is 4.79 Å². The summed E-state index contributed by atoms with van der Waals surface area (Å²) >= 11 is 1.57. The zero-order valence-electron chi connectivity index (χ0n) is 13.9. The molecule has 2 aromatic carbocycles. The molecule has 124 valence electrons. The predicted octanol–water partition coefficient (Wildman–Crippen LogP) is 4.65. The van der Waals surface area contributed by atoms with Crippen LogP contribution in [0.1, 0.15) is 16.7 Å². The average Bonchev–Trinajstić information content (AvgIpc) is 2.61. The number of hydrogen-bond acceptors (Lipinski definition) is 5. The van der Waals surface area contributed by atoms with Gasteiger partial charge in [0, 0.05) is 17.2 Å². The van der Waals surface area contributed by atoms with Crippen LogP contribution in [0.5, 0.6) is 0 Å². The van der Waals surface area contributed by atoms with Crippen LogP contribution in [0.2, 0.25) is 0 Å². The van der Waals surface area contributed by atoms with Crippen LogP contribution in [0.15, 0.2) is 62.9 Å². The summed E-state index contributed by atoms with van der Waals surface area (Å²) in [4.78, 5) is 20.9. The van der Waals surface area contributed by atoms with Crippen LogP contribution in [0, 0.1) is 13.8 Å². The first-order valence-corrected chi connectivity index (χ1v) is 8.97. The Morgan fingerprint density at radius 1 is 1.04 bits per heavy atom. The lowest BCUT2D eigenvalue weighted by atomic mass is 10.0. The average molecular weight is 348 g/mol. The van der Waals surface area contributed by atoms with Crippen molar-refractivity contribution in [2.75, 3.05) is 0 Å². The highest BCUT2D eigenvalue weighted by Crippen LogP contribution is 2.27. The van der Waals surface area contributed by atoms with Crippen LogP contribution in [0.3, 0.4) is 0 Å². The summed E-state index contributed by atoms with van der Waals surface area (Å²) in [5, 5.41) is 1.81. The number of rotatable bonds is 3. The van der Waals surface area contributed by atoms with Crippen molar-refractivity contribution in [3.8, 4) is 0 Å². The topological polar surface area (TPSA) is 56.0 Å². The van der Waals surface area contributed by atoms with Gasteiger partial charge in [0.25, 0.3) is 0 Å². The molecular formula is C20H16N2O2S. The normalized spacial score (nSPS) is 11.3. The van der Waals surface area contributed by atoms with E-state index in [2.05, 4.69) is 23.0 Å². The van der Waals surface area contributed by atoms with Crippen molar-refractivity contribution in [3.63, 3.8) is 0 Å². The Hall–Kier alpha value is -2.66. The molecule has 0 amide bonds. The van der Waals surface area contributed by atoms with E-state index in [0.29, 0.717) is 11.3 Å². The number of nitrogens with zero attached hydrogens (tertiary/aromatic N) is 2. The molecule has 0 bridgehead atoms. The zero-order valence-corrected chi connectivity index (χ0v) is 14.8. The van der Waals surface area contributed by atoms with Crippen molar-refractivity contribution in [1.29, 1.82) is 0 Å². The van der Waals surface area contributed by atoms with E-state index in [4.69, 9.17) is 4.42 Å². The number of hydrogen-bond donors (Lipinski definition) is 0. The molecule has 0 unspecified atom stereocenters. The maximum absolute atomic E-state index is 11.9. The monoisotopic (exact) mass is 348 g/mol. The standard InChI is InChI=1S/C20H16N2O2S/c1-12-7-15-14(9-20(23)24-18(15)8-13(12)2)11-25-19-10-21-16-5-3-4-6-17(16)22-19/h3-10H,11H2,1-2H3. The molecule has 0 radical (unpaired) electrons. The summed E-state index contributed by atoms with van der Waals surface area (Å²) in [6.07, 6.45) is 1.77. The van der Waals surface area contributed by atoms with E-state index in [0.717, 1.165) is 32.6 Å². The number of para-hydroxylation sites is 2. The van der Waals surface area contributed by atoms with E-state index in [1.807, 2.05) is 37.3 Å². The Balaban J connectivity index is 1.70. The van der Waals surface area contributed by atoms with Gasteiger partial charge in [-0.05, 0) is 54.8 Å². The third-order valence-corrected chi connectivity index (χ3v) is 5.19. The number of fused-ring (bicyclic) bond motifs is 2. The Morgan fingerprint density at radius 3 is 2.64 bits per heavy atom. The summed E-state index contributed by atoms with van der Waals surface area (Å²) < 4.78 is 5.36. The molecule has 0 saturated carbocycles. The van der Waals surface area contributed by atoms with Gasteiger partial charge in [-0.3, -0.25) is 4.98 Å². The minimum Gasteiger partial charge on any atom is -0.423 e. The third kappa shape index (κ3) is 3.15. The fraction of sp³-hybridized carbons (Fsp3) is 0.150. The van der Waals surface area contributed by atoms with E-state index in [-0.39, 0.29) is 5.63 Å². The molecule has 4 aromatic rings. The number of aryl methyl sites for hydroxylation is 2. The lowest BCUT2D eigenvalue weighted by Gasteiger charge is -2.08. The van der Waals surface area contributed by atoms with Crippen molar-refractivity contribution in [3.05, 3.63) is 75.8 Å². The molecule has 0 aliphatic carbocycles. The third-order valence-electron chi connectivity index (χ3n) is 4.25. The lowest BCUT2D eigenvalue weighted by Crippen LogP contribution is -2.01. The second-order valence-electron chi connectivity index (χ2n) is 6.01. The number of benzene rings is 2. The van der Waals surface area contributed by atoms with Crippen molar-refractivity contribution in [2.45, 2.75) is 24.6 Å². The second-order valence-corrected chi connectivity index (χ2v) is 7.00. The van der Waals surface area contributed by atoms with Gasteiger partial charge in [0.2, 0.25) is 0 Å². The first-order chi connectivity index (χ1) is 12.1. The van der Waals surface area contributed by atoms with Gasteiger partial charge in [0.1, 0.15) is 10.6 Å². The summed E-state index contributed by atoms with van der Waals surface area (Å²) in [7, 11) is 0. The lowest BCUT2D eigenvalue weighted by molar-refractivity contribution is 0.559. The van der Waals surface area contributed by atoms with Gasteiger partial charge in [-0.15, -0.1) is 11.8 Å². The Labute approximate surface area is 148 Å². The molecule has 5 heteroatoms. The maximum Gasteiger partial charge on any atom is 0.336 e. The Kier molecular flexibility index (Phi) is 4.01. The smallest absolute Gasteiger partial charge is 0.336 e. The highest BCUT2D eigenvalue weighted by Gasteiger charge is 2.09. The van der Waals surface area contributed by atoms with Crippen LogP contribution in [0.4, 0.5) is 0 Å². The van der Waals surface area contributed by atoms with E-state index in [1.54, 1.807) is 24.0 Å². The van der Waals surface area contributed by atoms with Gasteiger partial charge < -0.3 is 4.42 Å². The molecule has 0 fully saturated rings. The first-order valence-electron chi connectivity index (χ1n) is 7.99. The van der Waals surface area contributed by atoms with Gasteiger partial charge >= 0.3 is 5.63 Å². The molecule has 0 saturated heterocycles. The largest absolute Gasteiger partial charge is 0.423 e. The highest BCUT2D eigenvalue weighted by atomic mass is 32.2. The molecule has 0 N–H and O–H groups in total. The van der Waals surface area contributed by atoms with Crippen LogP contribution >= 0.6 is 11.8 Å². The molecule has 25 heavy (non-hydrogen) atoms. The van der Waals surface area contributed by atoms with Crippen LogP contribution in [0.25, 0.3) is 22.0 Å². The van der Waals surface area contributed by atoms with Gasteiger partial charge in [0.05, 0.1) is 17.2 Å². The Bertz CT molecular complexity index is 1150. The quantitative estimate of drug-likeness (QED) is 0.398. The second kappa shape index (κ2) is 6.33. The summed E-state index contributed by atoms with van der Waals surface area (Å²) in [6, 6.07) is 13.4. The molecule has 0 aliphatic heterocycles. The summed E-state index contributed by atoms with van der Waals surface area (Å²) in [5.41, 5.74) is 5.31. The zero-order chi connectivity index (χ0) is 17.4. The summed E-state index contributed by atoms with van der Waals surface area (Å²) in [5.74, 6) is 0.637.